The zero-order chi connectivity index (χ0) is 7.70. The van der Waals surface area contributed by atoms with Crippen molar-refractivity contribution in [3.63, 3.8) is 0 Å². The minimum absolute atomic E-state index is 0.899. The molecule has 0 amide bonds. The molecule has 0 bridgehead atoms. The summed E-state index contributed by atoms with van der Waals surface area (Å²) in [6.07, 6.45) is 2.65. The van der Waals surface area contributed by atoms with Gasteiger partial charge in [-0.15, -0.1) is 6.58 Å². The fraction of sp³-hybridized carbons (Fsp3) is 0.200. The lowest BCUT2D eigenvalue weighted by molar-refractivity contribution is 0.421. The highest BCUT2D eigenvalue weighted by Gasteiger charge is 1.78. The Labute approximate surface area is 57.5 Å². The van der Waals surface area contributed by atoms with Gasteiger partial charge in [0.15, 0.2) is 0 Å². The summed E-state index contributed by atoms with van der Waals surface area (Å²) >= 11 is -2.18. The van der Waals surface area contributed by atoms with E-state index in [0.29, 0.717) is 0 Å². The van der Waals surface area contributed by atoms with E-state index < -0.39 is 11.4 Å². The maximum absolute atomic E-state index is 9.42. The van der Waals surface area contributed by atoms with Crippen LogP contribution in [0.4, 0.5) is 0 Å². The van der Waals surface area contributed by atoms with Crippen LogP contribution in [0.1, 0.15) is 6.92 Å². The first-order valence-corrected chi connectivity index (χ1v) is 3.18. The molecule has 0 saturated carbocycles. The lowest BCUT2D eigenvalue weighted by atomic mass is 10.8. The van der Waals surface area contributed by atoms with Crippen molar-refractivity contribution in [3.8, 4) is 0 Å². The number of allylic oxidation sites excluding steroid dienone is 1. The molecular weight excluding hydrogens is 140 g/mol. The molecule has 0 fully saturated rings. The Morgan fingerprint density at radius 1 is 1.67 bits per heavy atom. The van der Waals surface area contributed by atoms with E-state index in [9.17, 15) is 4.21 Å². The lowest BCUT2D eigenvalue weighted by Gasteiger charge is -1.82. The van der Waals surface area contributed by atoms with Gasteiger partial charge >= 0.3 is 11.4 Å². The van der Waals surface area contributed by atoms with Crippen LogP contribution >= 0.6 is 0 Å². The second kappa shape index (κ2) is 10.4. The second-order valence-corrected chi connectivity index (χ2v) is 1.51. The van der Waals surface area contributed by atoms with Crippen molar-refractivity contribution in [2.45, 2.75) is 6.92 Å². The van der Waals surface area contributed by atoms with Crippen molar-refractivity contribution in [1.29, 1.82) is 0 Å². The van der Waals surface area contributed by atoms with Crippen molar-refractivity contribution >= 4 is 11.4 Å². The molecule has 9 heavy (non-hydrogen) atoms. The Balaban J connectivity index is 0. The van der Waals surface area contributed by atoms with Gasteiger partial charge in [-0.3, -0.25) is 4.55 Å². The van der Waals surface area contributed by atoms with Gasteiger partial charge in [0.05, 0.1) is 6.26 Å². The zero-order valence-electron chi connectivity index (χ0n) is 5.24. The monoisotopic (exact) mass is 150 g/mol. The highest BCUT2D eigenvalue weighted by Crippen LogP contribution is 1.73. The van der Waals surface area contributed by atoms with E-state index in [1.54, 1.807) is 6.08 Å². The molecule has 54 valence electrons. The standard InChI is InChI=1S/C3H6.C2H4O3S/c1-3-2;1-2-5-6(3)4/h3H,1H2,2H3;2H,1H2,(H,3,4). The third-order valence-corrected chi connectivity index (χ3v) is 0.451. The van der Waals surface area contributed by atoms with Crippen molar-refractivity contribution in [2.75, 3.05) is 0 Å². The second-order valence-electron chi connectivity index (χ2n) is 0.888. The fourth-order valence-electron chi connectivity index (χ4n) is 0.0582. The van der Waals surface area contributed by atoms with Crippen LogP contribution in [0.3, 0.4) is 0 Å². The van der Waals surface area contributed by atoms with Crippen LogP contribution in [-0.2, 0) is 15.5 Å². The zero-order valence-corrected chi connectivity index (χ0v) is 6.06. The summed E-state index contributed by atoms with van der Waals surface area (Å²) in [6, 6.07) is 0. The third-order valence-electron chi connectivity index (χ3n) is 0.150. The van der Waals surface area contributed by atoms with Gasteiger partial charge in [-0.25, -0.2) is 0 Å². The molecule has 0 rings (SSSR count). The van der Waals surface area contributed by atoms with Crippen LogP contribution in [-0.4, -0.2) is 8.76 Å². The first-order chi connectivity index (χ1) is 4.18. The van der Waals surface area contributed by atoms with E-state index in [1.165, 1.54) is 0 Å². The number of rotatable bonds is 2. The topological polar surface area (TPSA) is 46.5 Å². The van der Waals surface area contributed by atoms with Crippen molar-refractivity contribution in [1.82, 2.24) is 0 Å². The maximum Gasteiger partial charge on any atom is 0.356 e. The predicted octanol–water partition coefficient (Wildman–Crippen LogP) is 1.48. The summed E-state index contributed by atoms with van der Waals surface area (Å²) in [7, 11) is 0. The molecule has 1 unspecified atom stereocenters. The largest absolute Gasteiger partial charge is 0.389 e. The summed E-state index contributed by atoms with van der Waals surface area (Å²) in [4.78, 5) is 0. The van der Waals surface area contributed by atoms with E-state index >= 15 is 0 Å². The Morgan fingerprint density at radius 3 is 2.00 bits per heavy atom. The first-order valence-electron chi connectivity index (χ1n) is 2.15. The average Bonchev–Trinajstić information content (AvgIpc) is 1.67. The van der Waals surface area contributed by atoms with Gasteiger partial charge in [0, 0.05) is 0 Å². The van der Waals surface area contributed by atoms with Crippen molar-refractivity contribution in [3.05, 3.63) is 25.5 Å². The van der Waals surface area contributed by atoms with Crippen molar-refractivity contribution in [2.24, 2.45) is 0 Å². The predicted molar refractivity (Wildman–Crippen MR) is 37.9 cm³/mol. The molecule has 1 atom stereocenters. The van der Waals surface area contributed by atoms with Crippen LogP contribution in [0.5, 0.6) is 0 Å². The number of hydrogen-bond donors (Lipinski definition) is 1. The van der Waals surface area contributed by atoms with Gasteiger partial charge in [0.25, 0.3) is 0 Å². The molecule has 0 aliphatic heterocycles. The molecule has 0 aliphatic carbocycles. The van der Waals surface area contributed by atoms with Gasteiger partial charge in [0.1, 0.15) is 0 Å². The van der Waals surface area contributed by atoms with E-state index in [0.717, 1.165) is 6.26 Å². The number of hydrogen-bond acceptors (Lipinski definition) is 2. The molecular formula is C5H10O3S. The van der Waals surface area contributed by atoms with E-state index in [-0.39, 0.29) is 0 Å². The van der Waals surface area contributed by atoms with Crippen molar-refractivity contribution < 1.29 is 12.9 Å². The smallest absolute Gasteiger partial charge is 0.356 e. The Hall–Kier alpha value is -0.610. The van der Waals surface area contributed by atoms with Crippen LogP contribution in [0, 0.1) is 0 Å². The summed E-state index contributed by atoms with van der Waals surface area (Å²) in [5.41, 5.74) is 0. The Kier molecular flexibility index (Phi) is 13.0. The molecule has 4 heteroatoms. The summed E-state index contributed by atoms with van der Waals surface area (Å²) < 4.78 is 21.0. The summed E-state index contributed by atoms with van der Waals surface area (Å²) in [6.45, 7) is 8.28. The highest BCUT2D eigenvalue weighted by molar-refractivity contribution is 7.74. The van der Waals surface area contributed by atoms with Crippen LogP contribution < -0.4 is 0 Å². The Bertz CT molecular complexity index is 100. The molecule has 0 saturated heterocycles. The highest BCUT2D eigenvalue weighted by atomic mass is 32.2. The molecule has 0 aromatic rings. The minimum Gasteiger partial charge on any atom is -0.389 e. The third kappa shape index (κ3) is 37.6. The normalized spacial score (nSPS) is 10.0. The van der Waals surface area contributed by atoms with Gasteiger partial charge < -0.3 is 4.18 Å². The molecule has 1 N–H and O–H groups in total. The van der Waals surface area contributed by atoms with E-state index in [2.05, 4.69) is 17.3 Å². The van der Waals surface area contributed by atoms with E-state index in [1.807, 2.05) is 6.92 Å². The van der Waals surface area contributed by atoms with Crippen LogP contribution in [0.2, 0.25) is 0 Å². The molecule has 0 spiro atoms. The van der Waals surface area contributed by atoms with Gasteiger partial charge in [-0.1, -0.05) is 12.7 Å². The average molecular weight is 150 g/mol. The molecule has 3 nitrogen and oxygen atoms in total. The lowest BCUT2D eigenvalue weighted by Crippen LogP contribution is -1.83. The quantitative estimate of drug-likeness (QED) is 0.368. The maximum atomic E-state index is 9.42. The Morgan fingerprint density at radius 2 is 2.00 bits per heavy atom. The molecule has 0 aromatic carbocycles. The van der Waals surface area contributed by atoms with Gasteiger partial charge in [-0.2, -0.15) is 4.21 Å². The van der Waals surface area contributed by atoms with E-state index in [4.69, 9.17) is 4.55 Å². The SMILES string of the molecule is C=CC.C=COS(=O)O. The minimum atomic E-state index is -2.18. The van der Waals surface area contributed by atoms with Gasteiger partial charge in [0.2, 0.25) is 0 Å². The first kappa shape index (κ1) is 11.2. The molecule has 0 aromatic heterocycles. The molecule has 0 heterocycles. The molecule has 0 aliphatic rings. The van der Waals surface area contributed by atoms with Crippen LogP contribution in [0.15, 0.2) is 25.5 Å². The van der Waals surface area contributed by atoms with Crippen LogP contribution in [0.25, 0.3) is 0 Å². The summed E-state index contributed by atoms with van der Waals surface area (Å²) in [5.74, 6) is 0. The molecule has 0 radical (unpaired) electrons. The summed E-state index contributed by atoms with van der Waals surface area (Å²) in [5, 5.41) is 0. The van der Waals surface area contributed by atoms with Gasteiger partial charge in [-0.05, 0) is 6.92 Å². The fourth-order valence-corrected chi connectivity index (χ4v) is 0.175.